The average Bonchev–Trinajstić information content (AvgIpc) is 2.82. The summed E-state index contributed by atoms with van der Waals surface area (Å²) in [6.07, 6.45) is 5.93. The molecule has 0 spiro atoms. The first-order valence-corrected chi connectivity index (χ1v) is 7.76. The van der Waals surface area contributed by atoms with Crippen molar-refractivity contribution >= 4 is 5.91 Å². The Morgan fingerprint density at radius 1 is 1.35 bits per heavy atom. The van der Waals surface area contributed by atoms with Crippen molar-refractivity contribution in [3.8, 4) is 0 Å². The number of benzene rings is 1. The van der Waals surface area contributed by atoms with Gasteiger partial charge in [-0.05, 0) is 42.7 Å². The summed E-state index contributed by atoms with van der Waals surface area (Å²) in [6.45, 7) is 2.19. The maximum Gasteiger partial charge on any atom is 0.240 e. The van der Waals surface area contributed by atoms with Gasteiger partial charge in [0, 0.05) is 0 Å². The fraction of sp³-hybridized carbons (Fsp3) is 0.588. The van der Waals surface area contributed by atoms with E-state index < -0.39 is 5.54 Å². The van der Waals surface area contributed by atoms with Crippen LogP contribution in [0, 0.1) is 5.92 Å². The molecule has 0 radical (unpaired) electrons. The molecule has 108 valence electrons. The molecule has 3 nitrogen and oxygen atoms in total. The van der Waals surface area contributed by atoms with Gasteiger partial charge in [-0.3, -0.25) is 4.79 Å². The van der Waals surface area contributed by atoms with Crippen LogP contribution >= 0.6 is 0 Å². The van der Waals surface area contributed by atoms with E-state index in [1.807, 2.05) is 6.07 Å². The molecule has 1 aromatic carbocycles. The summed E-state index contributed by atoms with van der Waals surface area (Å²) >= 11 is 0. The van der Waals surface area contributed by atoms with Gasteiger partial charge in [-0.2, -0.15) is 0 Å². The molecule has 3 atom stereocenters. The number of carbonyl (C=O) groups is 1. The predicted octanol–water partition coefficient (Wildman–Crippen LogP) is 2.70. The van der Waals surface area contributed by atoms with Gasteiger partial charge in [0.15, 0.2) is 0 Å². The number of rotatable bonds is 2. The third kappa shape index (κ3) is 2.47. The lowest BCUT2D eigenvalue weighted by molar-refractivity contribution is -0.128. The minimum absolute atomic E-state index is 0.0470. The molecule has 0 heterocycles. The Bertz CT molecular complexity index is 513. The number of nitrogens with two attached hydrogens (primary N) is 1. The molecule has 1 saturated carbocycles. The third-order valence-corrected chi connectivity index (χ3v) is 4.92. The molecule has 0 aliphatic heterocycles. The summed E-state index contributed by atoms with van der Waals surface area (Å²) in [5, 5.41) is 3.20. The van der Waals surface area contributed by atoms with Crippen LogP contribution in [0.4, 0.5) is 0 Å². The summed E-state index contributed by atoms with van der Waals surface area (Å²) in [5.74, 6) is 0.598. The molecule has 2 aliphatic carbocycles. The number of nitrogens with one attached hydrogen (secondary N) is 1. The average molecular weight is 272 g/mol. The van der Waals surface area contributed by atoms with Gasteiger partial charge in [-0.1, -0.05) is 44.0 Å². The highest BCUT2D eigenvalue weighted by Crippen LogP contribution is 2.34. The highest BCUT2D eigenvalue weighted by Gasteiger charge is 2.39. The Hall–Kier alpha value is -1.35. The van der Waals surface area contributed by atoms with Crippen molar-refractivity contribution in [1.82, 2.24) is 5.32 Å². The zero-order chi connectivity index (χ0) is 14.2. The van der Waals surface area contributed by atoms with Crippen LogP contribution in [0.25, 0.3) is 0 Å². The number of hydrogen-bond donors (Lipinski definition) is 2. The largest absolute Gasteiger partial charge is 0.348 e. The van der Waals surface area contributed by atoms with Crippen molar-refractivity contribution in [3.05, 3.63) is 35.4 Å². The van der Waals surface area contributed by atoms with Crippen molar-refractivity contribution in [2.45, 2.75) is 57.0 Å². The highest BCUT2D eigenvalue weighted by molar-refractivity contribution is 5.86. The van der Waals surface area contributed by atoms with E-state index in [0.717, 1.165) is 32.1 Å². The first-order valence-electron chi connectivity index (χ1n) is 7.76. The lowest BCUT2D eigenvalue weighted by atomic mass is 9.76. The van der Waals surface area contributed by atoms with Crippen molar-refractivity contribution in [2.75, 3.05) is 0 Å². The van der Waals surface area contributed by atoms with Crippen LogP contribution in [0.3, 0.4) is 0 Å². The summed E-state index contributed by atoms with van der Waals surface area (Å²) in [7, 11) is 0. The van der Waals surface area contributed by atoms with Crippen LogP contribution in [0.15, 0.2) is 24.3 Å². The Morgan fingerprint density at radius 3 is 2.95 bits per heavy atom. The Morgan fingerprint density at radius 2 is 2.15 bits per heavy atom. The van der Waals surface area contributed by atoms with Crippen LogP contribution in [0.5, 0.6) is 0 Å². The second kappa shape index (κ2) is 5.21. The van der Waals surface area contributed by atoms with Gasteiger partial charge in [0.2, 0.25) is 5.91 Å². The Kier molecular flexibility index (Phi) is 3.55. The molecular weight excluding hydrogens is 248 g/mol. The van der Waals surface area contributed by atoms with E-state index in [9.17, 15) is 4.79 Å². The molecular formula is C17H24N2O. The fourth-order valence-electron chi connectivity index (χ4n) is 3.81. The van der Waals surface area contributed by atoms with Gasteiger partial charge in [-0.15, -0.1) is 0 Å². The fourth-order valence-corrected chi connectivity index (χ4v) is 3.81. The first kappa shape index (κ1) is 13.6. The monoisotopic (exact) mass is 272 g/mol. The van der Waals surface area contributed by atoms with Crippen LogP contribution in [0.1, 0.15) is 56.2 Å². The molecule has 3 N–H and O–H groups in total. The number of aryl methyl sites for hydroxylation is 1. The predicted molar refractivity (Wildman–Crippen MR) is 80.2 cm³/mol. The number of fused-ring (bicyclic) bond motifs is 1. The SMILES string of the molecule is CC1CCCC(N)(C(=O)NC2CCc3ccccc32)C1. The molecule has 0 saturated heterocycles. The van der Waals surface area contributed by atoms with Crippen LogP contribution in [-0.4, -0.2) is 11.4 Å². The molecule has 0 aromatic heterocycles. The van der Waals surface area contributed by atoms with Crippen molar-refractivity contribution in [1.29, 1.82) is 0 Å². The van der Waals surface area contributed by atoms with Crippen LogP contribution in [-0.2, 0) is 11.2 Å². The molecule has 3 rings (SSSR count). The number of hydrogen-bond acceptors (Lipinski definition) is 2. The normalized spacial score (nSPS) is 32.7. The van der Waals surface area contributed by atoms with Gasteiger partial charge in [-0.25, -0.2) is 0 Å². The highest BCUT2D eigenvalue weighted by atomic mass is 16.2. The Balaban J connectivity index is 1.71. The summed E-state index contributed by atoms with van der Waals surface area (Å²) in [5.41, 5.74) is 8.36. The number of carbonyl (C=O) groups excluding carboxylic acids is 1. The summed E-state index contributed by atoms with van der Waals surface area (Å²) < 4.78 is 0. The van der Waals surface area contributed by atoms with E-state index in [-0.39, 0.29) is 11.9 Å². The lowest BCUT2D eigenvalue weighted by Gasteiger charge is -2.36. The second-order valence-corrected chi connectivity index (χ2v) is 6.62. The topological polar surface area (TPSA) is 55.1 Å². The van der Waals surface area contributed by atoms with Gasteiger partial charge >= 0.3 is 0 Å². The molecule has 0 bridgehead atoms. The van der Waals surface area contributed by atoms with Crippen LogP contribution < -0.4 is 11.1 Å². The van der Waals surface area contributed by atoms with Gasteiger partial charge in [0.25, 0.3) is 0 Å². The zero-order valence-corrected chi connectivity index (χ0v) is 12.2. The zero-order valence-electron chi connectivity index (χ0n) is 12.2. The number of amides is 1. The molecule has 1 fully saturated rings. The summed E-state index contributed by atoms with van der Waals surface area (Å²) in [4.78, 5) is 12.6. The molecule has 20 heavy (non-hydrogen) atoms. The maximum absolute atomic E-state index is 12.6. The first-order chi connectivity index (χ1) is 9.58. The van der Waals surface area contributed by atoms with E-state index in [1.54, 1.807) is 0 Å². The minimum Gasteiger partial charge on any atom is -0.348 e. The maximum atomic E-state index is 12.6. The third-order valence-electron chi connectivity index (χ3n) is 4.92. The van der Waals surface area contributed by atoms with Gasteiger partial charge < -0.3 is 11.1 Å². The standard InChI is InChI=1S/C17H24N2O/c1-12-5-4-10-17(18,11-12)16(20)19-15-9-8-13-6-2-3-7-14(13)15/h2-3,6-7,12,15H,4-5,8-11,18H2,1H3,(H,19,20). The van der Waals surface area contributed by atoms with E-state index in [4.69, 9.17) is 5.73 Å². The smallest absolute Gasteiger partial charge is 0.240 e. The molecule has 3 unspecified atom stereocenters. The molecule has 1 amide bonds. The lowest BCUT2D eigenvalue weighted by Crippen LogP contribution is -2.56. The molecule has 2 aliphatic rings. The van der Waals surface area contributed by atoms with E-state index in [1.165, 1.54) is 17.5 Å². The van der Waals surface area contributed by atoms with Crippen LogP contribution in [0.2, 0.25) is 0 Å². The second-order valence-electron chi connectivity index (χ2n) is 6.62. The van der Waals surface area contributed by atoms with Crippen molar-refractivity contribution in [2.24, 2.45) is 11.7 Å². The Labute approximate surface area is 120 Å². The quantitative estimate of drug-likeness (QED) is 0.869. The molecule has 1 aromatic rings. The summed E-state index contributed by atoms with van der Waals surface area (Å²) in [6, 6.07) is 8.54. The molecule has 3 heteroatoms. The van der Waals surface area contributed by atoms with Gasteiger partial charge in [0.1, 0.15) is 0 Å². The minimum atomic E-state index is -0.658. The van der Waals surface area contributed by atoms with E-state index in [0.29, 0.717) is 5.92 Å². The van der Waals surface area contributed by atoms with Gasteiger partial charge in [0.05, 0.1) is 11.6 Å². The van der Waals surface area contributed by atoms with Crippen molar-refractivity contribution < 1.29 is 4.79 Å². The van der Waals surface area contributed by atoms with E-state index in [2.05, 4.69) is 30.4 Å². The van der Waals surface area contributed by atoms with Crippen molar-refractivity contribution in [3.63, 3.8) is 0 Å². The van der Waals surface area contributed by atoms with E-state index >= 15 is 0 Å².